The molecule has 0 bridgehead atoms. The molecule has 0 fully saturated rings. The normalized spacial score (nSPS) is 11.6. The van der Waals surface area contributed by atoms with Gasteiger partial charge >= 0.3 is 0 Å². The molecule has 2 aromatic heterocycles. The molecular formula is C12H17N5O2S. The SMILES string of the molecule is CNc1ccncc1S(=O)(=O)NCc1cnn(C)c1C. The van der Waals surface area contributed by atoms with Crippen LogP contribution in [-0.4, -0.2) is 30.2 Å². The lowest BCUT2D eigenvalue weighted by atomic mass is 10.3. The third-order valence-corrected chi connectivity index (χ3v) is 4.56. The van der Waals surface area contributed by atoms with E-state index < -0.39 is 10.0 Å². The molecule has 8 heteroatoms. The molecule has 0 saturated carbocycles. The Kier molecular flexibility index (Phi) is 4.05. The van der Waals surface area contributed by atoms with Crippen LogP contribution in [0.5, 0.6) is 0 Å². The van der Waals surface area contributed by atoms with Crippen molar-refractivity contribution in [1.29, 1.82) is 0 Å². The van der Waals surface area contributed by atoms with Crippen LogP contribution in [0.4, 0.5) is 5.69 Å². The third kappa shape index (κ3) is 2.81. The van der Waals surface area contributed by atoms with E-state index in [-0.39, 0.29) is 11.4 Å². The average molecular weight is 295 g/mol. The van der Waals surface area contributed by atoms with Gasteiger partial charge in [-0.1, -0.05) is 0 Å². The molecule has 0 spiro atoms. The first-order chi connectivity index (χ1) is 9.45. The van der Waals surface area contributed by atoms with Crippen molar-refractivity contribution in [2.45, 2.75) is 18.4 Å². The summed E-state index contributed by atoms with van der Waals surface area (Å²) in [5, 5.41) is 6.92. The summed E-state index contributed by atoms with van der Waals surface area (Å²) < 4.78 is 28.8. The molecule has 0 aliphatic rings. The van der Waals surface area contributed by atoms with Gasteiger partial charge in [0, 0.05) is 44.3 Å². The number of aromatic nitrogens is 3. The van der Waals surface area contributed by atoms with E-state index in [0.717, 1.165) is 11.3 Å². The van der Waals surface area contributed by atoms with Crippen molar-refractivity contribution < 1.29 is 8.42 Å². The van der Waals surface area contributed by atoms with E-state index in [1.54, 1.807) is 24.0 Å². The van der Waals surface area contributed by atoms with Crippen LogP contribution in [0.15, 0.2) is 29.6 Å². The van der Waals surface area contributed by atoms with Gasteiger partial charge in [-0.2, -0.15) is 5.10 Å². The molecule has 20 heavy (non-hydrogen) atoms. The van der Waals surface area contributed by atoms with Gasteiger partial charge in [-0.3, -0.25) is 9.67 Å². The fraction of sp³-hybridized carbons (Fsp3) is 0.333. The van der Waals surface area contributed by atoms with E-state index in [1.165, 1.54) is 12.4 Å². The van der Waals surface area contributed by atoms with Crippen LogP contribution in [0.2, 0.25) is 0 Å². The molecule has 2 aromatic rings. The summed E-state index contributed by atoms with van der Waals surface area (Å²) in [7, 11) is -0.141. The lowest BCUT2D eigenvalue weighted by molar-refractivity contribution is 0.581. The highest BCUT2D eigenvalue weighted by Gasteiger charge is 2.18. The predicted octanol–water partition coefficient (Wildman–Crippen LogP) is 0.644. The fourth-order valence-corrected chi connectivity index (χ4v) is 2.93. The van der Waals surface area contributed by atoms with Crippen molar-refractivity contribution in [3.63, 3.8) is 0 Å². The lowest BCUT2D eigenvalue weighted by Gasteiger charge is -2.10. The van der Waals surface area contributed by atoms with Crippen molar-refractivity contribution in [2.75, 3.05) is 12.4 Å². The first-order valence-electron chi connectivity index (χ1n) is 6.04. The third-order valence-electron chi connectivity index (χ3n) is 3.13. The first kappa shape index (κ1) is 14.5. The van der Waals surface area contributed by atoms with Crippen LogP contribution in [0.3, 0.4) is 0 Å². The summed E-state index contributed by atoms with van der Waals surface area (Å²) in [5.74, 6) is 0. The van der Waals surface area contributed by atoms with Crippen molar-refractivity contribution >= 4 is 15.7 Å². The highest BCUT2D eigenvalue weighted by Crippen LogP contribution is 2.19. The highest BCUT2D eigenvalue weighted by atomic mass is 32.2. The van der Waals surface area contributed by atoms with Gasteiger partial charge in [0.15, 0.2) is 0 Å². The van der Waals surface area contributed by atoms with Gasteiger partial charge < -0.3 is 5.32 Å². The van der Waals surface area contributed by atoms with E-state index >= 15 is 0 Å². The van der Waals surface area contributed by atoms with E-state index in [2.05, 4.69) is 20.1 Å². The van der Waals surface area contributed by atoms with Crippen molar-refractivity contribution in [1.82, 2.24) is 19.5 Å². The summed E-state index contributed by atoms with van der Waals surface area (Å²) in [6.45, 7) is 2.08. The number of sulfonamides is 1. The zero-order valence-corrected chi connectivity index (χ0v) is 12.4. The van der Waals surface area contributed by atoms with E-state index in [9.17, 15) is 8.42 Å². The molecule has 0 unspecified atom stereocenters. The second-order valence-corrected chi connectivity index (χ2v) is 6.06. The zero-order valence-electron chi connectivity index (χ0n) is 11.6. The molecule has 2 rings (SSSR count). The quantitative estimate of drug-likeness (QED) is 0.845. The van der Waals surface area contributed by atoms with Gasteiger partial charge in [-0.25, -0.2) is 13.1 Å². The molecule has 0 saturated heterocycles. The van der Waals surface area contributed by atoms with Gasteiger partial charge in [0.2, 0.25) is 10.0 Å². The molecule has 0 amide bonds. The maximum absolute atomic E-state index is 12.3. The Bertz CT molecular complexity index is 708. The number of aryl methyl sites for hydroxylation is 1. The van der Waals surface area contributed by atoms with E-state index in [1.807, 2.05) is 14.0 Å². The first-order valence-corrected chi connectivity index (χ1v) is 7.53. The van der Waals surface area contributed by atoms with Gasteiger partial charge in [0.1, 0.15) is 4.90 Å². The second-order valence-electron chi connectivity index (χ2n) is 4.33. The Morgan fingerprint density at radius 1 is 1.35 bits per heavy atom. The molecule has 0 radical (unpaired) electrons. The molecule has 0 aliphatic heterocycles. The number of nitrogens with one attached hydrogen (secondary N) is 2. The van der Waals surface area contributed by atoms with Crippen LogP contribution >= 0.6 is 0 Å². The van der Waals surface area contributed by atoms with Crippen LogP contribution in [0.25, 0.3) is 0 Å². The van der Waals surface area contributed by atoms with Crippen LogP contribution in [0, 0.1) is 6.92 Å². The lowest BCUT2D eigenvalue weighted by Crippen LogP contribution is -2.24. The Hall–Kier alpha value is -1.93. The van der Waals surface area contributed by atoms with Crippen molar-refractivity contribution in [3.8, 4) is 0 Å². The number of pyridine rings is 1. The summed E-state index contributed by atoms with van der Waals surface area (Å²) in [6, 6.07) is 1.61. The minimum atomic E-state index is -3.62. The Labute approximate surface area is 118 Å². The molecule has 108 valence electrons. The minimum Gasteiger partial charge on any atom is -0.387 e. The Balaban J connectivity index is 2.22. The average Bonchev–Trinajstić information content (AvgIpc) is 2.76. The summed E-state index contributed by atoms with van der Waals surface area (Å²) in [6.07, 6.45) is 4.51. The smallest absolute Gasteiger partial charge is 0.244 e. The molecule has 0 aliphatic carbocycles. The molecular weight excluding hydrogens is 278 g/mol. The summed E-state index contributed by atoms with van der Waals surface area (Å²) >= 11 is 0. The van der Waals surface area contributed by atoms with E-state index in [0.29, 0.717) is 5.69 Å². The maximum Gasteiger partial charge on any atom is 0.244 e. The number of hydrogen-bond acceptors (Lipinski definition) is 5. The second kappa shape index (κ2) is 5.59. The van der Waals surface area contributed by atoms with Gasteiger partial charge in [0.25, 0.3) is 0 Å². The number of hydrogen-bond donors (Lipinski definition) is 2. The maximum atomic E-state index is 12.3. The number of rotatable bonds is 5. The number of nitrogens with zero attached hydrogens (tertiary/aromatic N) is 3. The Morgan fingerprint density at radius 3 is 2.70 bits per heavy atom. The zero-order chi connectivity index (χ0) is 14.8. The largest absolute Gasteiger partial charge is 0.387 e. The molecule has 2 N–H and O–H groups in total. The fourth-order valence-electron chi connectivity index (χ4n) is 1.77. The van der Waals surface area contributed by atoms with Gasteiger partial charge in [-0.05, 0) is 13.0 Å². The molecule has 2 heterocycles. The molecule has 7 nitrogen and oxygen atoms in total. The minimum absolute atomic E-state index is 0.129. The van der Waals surface area contributed by atoms with Gasteiger partial charge in [0.05, 0.1) is 11.9 Å². The van der Waals surface area contributed by atoms with Crippen LogP contribution in [0.1, 0.15) is 11.3 Å². The standard InChI is InChI=1S/C12H17N5O2S/c1-9-10(6-15-17(9)3)7-16-20(18,19)12-8-14-5-4-11(12)13-2/h4-6,8,16H,7H2,1-3H3,(H,13,14). The van der Waals surface area contributed by atoms with Crippen molar-refractivity contribution in [2.24, 2.45) is 7.05 Å². The predicted molar refractivity (Wildman–Crippen MR) is 75.8 cm³/mol. The monoisotopic (exact) mass is 295 g/mol. The van der Waals surface area contributed by atoms with Crippen molar-refractivity contribution in [3.05, 3.63) is 35.9 Å². The van der Waals surface area contributed by atoms with Crippen LogP contribution in [-0.2, 0) is 23.6 Å². The number of anilines is 1. The highest BCUT2D eigenvalue weighted by molar-refractivity contribution is 7.89. The Morgan fingerprint density at radius 2 is 2.10 bits per heavy atom. The topological polar surface area (TPSA) is 88.9 Å². The molecule has 0 atom stereocenters. The summed E-state index contributed by atoms with van der Waals surface area (Å²) in [4.78, 5) is 3.99. The molecule has 0 aromatic carbocycles. The van der Waals surface area contributed by atoms with Gasteiger partial charge in [-0.15, -0.1) is 0 Å². The summed E-state index contributed by atoms with van der Waals surface area (Å²) in [5.41, 5.74) is 2.27. The van der Waals surface area contributed by atoms with Crippen LogP contribution < -0.4 is 10.0 Å². The van der Waals surface area contributed by atoms with E-state index in [4.69, 9.17) is 0 Å².